The Kier molecular flexibility index (Phi) is 4.79. The Morgan fingerprint density at radius 2 is 2.21 bits per heavy atom. The van der Waals surface area contributed by atoms with Gasteiger partial charge in [-0.05, 0) is 31.7 Å². The Hall–Kier alpha value is -1.28. The lowest BCUT2D eigenvalue weighted by Crippen LogP contribution is -2.04. The average molecular weight is 191 g/mol. The Morgan fingerprint density at radius 3 is 2.93 bits per heavy atom. The number of hydrogen-bond donors (Lipinski definition) is 1. The SMILES string of the molecule is CNC/C=C/COc1cccc(C)c1. The Balaban J connectivity index is 2.31. The second-order valence-electron chi connectivity index (χ2n) is 3.16. The molecule has 0 bridgehead atoms. The summed E-state index contributed by atoms with van der Waals surface area (Å²) in [6.07, 6.45) is 4.06. The summed E-state index contributed by atoms with van der Waals surface area (Å²) in [5, 5.41) is 3.03. The number of rotatable bonds is 5. The molecular formula is C12H17NO. The van der Waals surface area contributed by atoms with Crippen LogP contribution in [0.25, 0.3) is 0 Å². The number of aryl methyl sites for hydroxylation is 1. The first kappa shape index (κ1) is 10.8. The van der Waals surface area contributed by atoms with Crippen LogP contribution in [0.15, 0.2) is 36.4 Å². The van der Waals surface area contributed by atoms with Crippen molar-refractivity contribution in [3.8, 4) is 5.75 Å². The third-order valence-corrected chi connectivity index (χ3v) is 1.82. The monoisotopic (exact) mass is 191 g/mol. The third kappa shape index (κ3) is 4.10. The molecule has 1 aromatic rings. The van der Waals surface area contributed by atoms with E-state index in [0.717, 1.165) is 12.3 Å². The molecule has 0 saturated heterocycles. The van der Waals surface area contributed by atoms with Crippen LogP contribution in [-0.4, -0.2) is 20.2 Å². The summed E-state index contributed by atoms with van der Waals surface area (Å²) in [6.45, 7) is 3.58. The van der Waals surface area contributed by atoms with Crippen LogP contribution in [0, 0.1) is 6.92 Å². The predicted octanol–water partition coefficient (Wildman–Crippen LogP) is 2.15. The van der Waals surface area contributed by atoms with Crippen molar-refractivity contribution < 1.29 is 4.74 Å². The van der Waals surface area contributed by atoms with Gasteiger partial charge in [0.1, 0.15) is 12.4 Å². The van der Waals surface area contributed by atoms with Gasteiger partial charge in [-0.15, -0.1) is 0 Å². The largest absolute Gasteiger partial charge is 0.490 e. The number of nitrogens with one attached hydrogen (secondary N) is 1. The van der Waals surface area contributed by atoms with Crippen LogP contribution in [0.1, 0.15) is 5.56 Å². The number of ether oxygens (including phenoxy) is 1. The normalized spacial score (nSPS) is 10.7. The maximum absolute atomic E-state index is 5.52. The molecule has 2 nitrogen and oxygen atoms in total. The van der Waals surface area contributed by atoms with E-state index in [1.54, 1.807) is 0 Å². The van der Waals surface area contributed by atoms with Gasteiger partial charge in [-0.3, -0.25) is 0 Å². The molecule has 0 aliphatic carbocycles. The van der Waals surface area contributed by atoms with Crippen molar-refractivity contribution in [2.75, 3.05) is 20.2 Å². The van der Waals surface area contributed by atoms with Crippen molar-refractivity contribution in [2.24, 2.45) is 0 Å². The van der Waals surface area contributed by atoms with E-state index in [1.165, 1.54) is 5.56 Å². The first-order chi connectivity index (χ1) is 6.83. The summed E-state index contributed by atoms with van der Waals surface area (Å²) in [7, 11) is 1.92. The van der Waals surface area contributed by atoms with E-state index in [0.29, 0.717) is 6.61 Å². The fourth-order valence-electron chi connectivity index (χ4n) is 1.12. The van der Waals surface area contributed by atoms with Gasteiger partial charge in [0.25, 0.3) is 0 Å². The maximum Gasteiger partial charge on any atom is 0.120 e. The van der Waals surface area contributed by atoms with Crippen LogP contribution in [0.4, 0.5) is 0 Å². The molecule has 2 heteroatoms. The fraction of sp³-hybridized carbons (Fsp3) is 0.333. The third-order valence-electron chi connectivity index (χ3n) is 1.82. The minimum Gasteiger partial charge on any atom is -0.490 e. The zero-order valence-corrected chi connectivity index (χ0v) is 8.79. The van der Waals surface area contributed by atoms with Gasteiger partial charge in [0.05, 0.1) is 0 Å². The molecule has 0 aliphatic rings. The number of benzene rings is 1. The van der Waals surface area contributed by atoms with E-state index in [2.05, 4.69) is 24.4 Å². The van der Waals surface area contributed by atoms with Gasteiger partial charge in [-0.25, -0.2) is 0 Å². The van der Waals surface area contributed by atoms with Gasteiger partial charge in [0, 0.05) is 6.54 Å². The van der Waals surface area contributed by atoms with Crippen LogP contribution in [0.3, 0.4) is 0 Å². The second kappa shape index (κ2) is 6.22. The Morgan fingerprint density at radius 1 is 1.36 bits per heavy atom. The lowest BCUT2D eigenvalue weighted by atomic mass is 10.2. The summed E-state index contributed by atoms with van der Waals surface area (Å²) in [6, 6.07) is 8.07. The Labute approximate surface area is 85.6 Å². The zero-order valence-electron chi connectivity index (χ0n) is 8.79. The van der Waals surface area contributed by atoms with Gasteiger partial charge < -0.3 is 10.1 Å². The minimum atomic E-state index is 0.630. The van der Waals surface area contributed by atoms with Crippen LogP contribution in [0.2, 0.25) is 0 Å². The zero-order chi connectivity index (χ0) is 10.2. The van der Waals surface area contributed by atoms with E-state index in [-0.39, 0.29) is 0 Å². The van der Waals surface area contributed by atoms with Crippen molar-refractivity contribution in [2.45, 2.75) is 6.92 Å². The van der Waals surface area contributed by atoms with Crippen LogP contribution >= 0.6 is 0 Å². The van der Waals surface area contributed by atoms with Crippen LogP contribution in [-0.2, 0) is 0 Å². The first-order valence-electron chi connectivity index (χ1n) is 4.82. The quantitative estimate of drug-likeness (QED) is 0.720. The van der Waals surface area contributed by atoms with Crippen molar-refractivity contribution in [3.63, 3.8) is 0 Å². The van der Waals surface area contributed by atoms with Gasteiger partial charge in [-0.1, -0.05) is 24.3 Å². The van der Waals surface area contributed by atoms with Crippen LogP contribution in [0.5, 0.6) is 5.75 Å². The molecule has 76 valence electrons. The highest BCUT2D eigenvalue weighted by molar-refractivity contribution is 5.27. The van der Waals surface area contributed by atoms with Crippen molar-refractivity contribution in [1.29, 1.82) is 0 Å². The highest BCUT2D eigenvalue weighted by Crippen LogP contribution is 2.11. The Bertz CT molecular complexity index is 294. The summed E-state index contributed by atoms with van der Waals surface area (Å²) < 4.78 is 5.52. The predicted molar refractivity (Wildman–Crippen MR) is 59.7 cm³/mol. The second-order valence-corrected chi connectivity index (χ2v) is 3.16. The molecule has 0 aromatic heterocycles. The number of hydrogen-bond acceptors (Lipinski definition) is 2. The lowest BCUT2D eigenvalue weighted by Gasteiger charge is -2.03. The molecule has 14 heavy (non-hydrogen) atoms. The topological polar surface area (TPSA) is 21.3 Å². The molecule has 0 spiro atoms. The molecule has 1 rings (SSSR count). The van der Waals surface area contributed by atoms with Crippen molar-refractivity contribution in [3.05, 3.63) is 42.0 Å². The summed E-state index contributed by atoms with van der Waals surface area (Å²) >= 11 is 0. The van der Waals surface area contributed by atoms with E-state index in [4.69, 9.17) is 4.74 Å². The van der Waals surface area contributed by atoms with Gasteiger partial charge >= 0.3 is 0 Å². The molecule has 0 fully saturated rings. The van der Waals surface area contributed by atoms with E-state index in [1.807, 2.05) is 31.3 Å². The maximum atomic E-state index is 5.52. The van der Waals surface area contributed by atoms with E-state index < -0.39 is 0 Å². The molecule has 0 radical (unpaired) electrons. The van der Waals surface area contributed by atoms with Crippen molar-refractivity contribution in [1.82, 2.24) is 5.32 Å². The molecule has 0 unspecified atom stereocenters. The smallest absolute Gasteiger partial charge is 0.120 e. The first-order valence-corrected chi connectivity index (χ1v) is 4.82. The van der Waals surface area contributed by atoms with E-state index in [9.17, 15) is 0 Å². The molecule has 0 saturated carbocycles. The van der Waals surface area contributed by atoms with Gasteiger partial charge in [-0.2, -0.15) is 0 Å². The molecule has 0 aliphatic heterocycles. The van der Waals surface area contributed by atoms with Gasteiger partial charge in [0.15, 0.2) is 0 Å². The standard InChI is InChI=1S/C12H17NO/c1-11-6-5-7-12(10-11)14-9-4-3-8-13-2/h3-7,10,13H,8-9H2,1-2H3/b4-3+. The minimum absolute atomic E-state index is 0.630. The summed E-state index contributed by atoms with van der Waals surface area (Å²) in [4.78, 5) is 0. The molecule has 1 N–H and O–H groups in total. The highest BCUT2D eigenvalue weighted by Gasteiger charge is 1.90. The van der Waals surface area contributed by atoms with Crippen molar-refractivity contribution >= 4 is 0 Å². The van der Waals surface area contributed by atoms with Crippen LogP contribution < -0.4 is 10.1 Å². The van der Waals surface area contributed by atoms with Gasteiger partial charge in [0.2, 0.25) is 0 Å². The van der Waals surface area contributed by atoms with E-state index >= 15 is 0 Å². The lowest BCUT2D eigenvalue weighted by molar-refractivity contribution is 0.362. The summed E-state index contributed by atoms with van der Waals surface area (Å²) in [5.74, 6) is 0.930. The molecule has 0 amide bonds. The average Bonchev–Trinajstić information content (AvgIpc) is 2.18. The highest BCUT2D eigenvalue weighted by atomic mass is 16.5. The molecular weight excluding hydrogens is 174 g/mol. The molecule has 0 atom stereocenters. The summed E-state index contributed by atoms with van der Waals surface area (Å²) in [5.41, 5.74) is 1.22. The number of likely N-dealkylation sites (N-methyl/N-ethyl adjacent to an activating group) is 1. The molecule has 0 heterocycles. The molecule has 1 aromatic carbocycles. The fourth-order valence-corrected chi connectivity index (χ4v) is 1.12.